The van der Waals surface area contributed by atoms with Crippen molar-refractivity contribution in [1.82, 2.24) is 0 Å². The van der Waals surface area contributed by atoms with Gasteiger partial charge in [0.25, 0.3) is 5.91 Å². The van der Waals surface area contributed by atoms with Crippen molar-refractivity contribution in [3.63, 3.8) is 0 Å². The molecule has 0 aliphatic heterocycles. The van der Waals surface area contributed by atoms with Crippen molar-refractivity contribution in [2.75, 3.05) is 10.6 Å². The van der Waals surface area contributed by atoms with Gasteiger partial charge in [-0.25, -0.2) is 4.79 Å². The Labute approximate surface area is 131 Å². The first kappa shape index (κ1) is 15.3. The molecule has 4 N–H and O–H groups in total. The van der Waals surface area contributed by atoms with E-state index in [9.17, 15) is 9.59 Å². The van der Waals surface area contributed by atoms with E-state index in [0.29, 0.717) is 21.3 Å². The first-order valence-corrected chi connectivity index (χ1v) is 7.31. The lowest BCUT2D eigenvalue weighted by Gasteiger charge is -2.07. The number of carbonyl (C=O) groups is 2. The minimum Gasteiger partial charge on any atom is -0.365 e. The van der Waals surface area contributed by atoms with Crippen LogP contribution in [-0.2, 0) is 0 Å². The number of carbonyl (C=O) groups excluding carboxylic acids is 2. The smallest absolute Gasteiger partial charge is 0.324 e. The second kappa shape index (κ2) is 6.15. The molecule has 5 nitrogen and oxygen atoms in total. The predicted molar refractivity (Wildman–Crippen MR) is 86.4 cm³/mol. The summed E-state index contributed by atoms with van der Waals surface area (Å²) in [7, 11) is 0. The number of amides is 3. The quantitative estimate of drug-likeness (QED) is 0.803. The molecule has 0 unspecified atom stereocenters. The van der Waals surface area contributed by atoms with E-state index in [1.165, 1.54) is 11.3 Å². The Morgan fingerprint density at radius 1 is 1.14 bits per heavy atom. The third-order valence-corrected chi connectivity index (χ3v) is 4.34. The van der Waals surface area contributed by atoms with Crippen LogP contribution in [-0.4, -0.2) is 11.9 Å². The van der Waals surface area contributed by atoms with Gasteiger partial charge in [0.15, 0.2) is 0 Å². The van der Waals surface area contributed by atoms with Crippen LogP contribution in [0.5, 0.6) is 0 Å². The number of halogens is 1. The molecule has 2 rings (SSSR count). The number of primary amides is 1. The Morgan fingerprint density at radius 3 is 2.33 bits per heavy atom. The van der Waals surface area contributed by atoms with Crippen LogP contribution >= 0.6 is 22.9 Å². The Balaban J connectivity index is 2.15. The van der Waals surface area contributed by atoms with E-state index in [1.807, 2.05) is 6.92 Å². The number of anilines is 2. The van der Waals surface area contributed by atoms with Crippen LogP contribution < -0.4 is 16.4 Å². The molecule has 2 aromatic rings. The van der Waals surface area contributed by atoms with E-state index in [0.717, 1.165) is 10.4 Å². The molecule has 1 aromatic heterocycles. The van der Waals surface area contributed by atoms with Gasteiger partial charge in [-0.05, 0) is 43.7 Å². The van der Waals surface area contributed by atoms with Gasteiger partial charge in [-0.2, -0.15) is 0 Å². The number of rotatable bonds is 3. The fourth-order valence-corrected chi connectivity index (χ4v) is 3.00. The first-order chi connectivity index (χ1) is 9.88. The highest BCUT2D eigenvalue weighted by molar-refractivity contribution is 7.16. The van der Waals surface area contributed by atoms with Crippen LogP contribution in [0.15, 0.2) is 24.3 Å². The molecule has 1 aromatic carbocycles. The van der Waals surface area contributed by atoms with E-state index < -0.39 is 11.9 Å². The number of hydrogen-bond acceptors (Lipinski definition) is 3. The lowest BCUT2D eigenvalue weighted by molar-refractivity contribution is 0.100. The molecule has 0 fully saturated rings. The molecular formula is C14H14ClN3O2S. The highest BCUT2D eigenvalue weighted by atomic mass is 35.5. The summed E-state index contributed by atoms with van der Waals surface area (Å²) in [6.07, 6.45) is 0. The number of benzene rings is 1. The van der Waals surface area contributed by atoms with Gasteiger partial charge in [-0.15, -0.1) is 11.3 Å². The summed E-state index contributed by atoms with van der Waals surface area (Å²) in [5, 5.41) is 6.34. The van der Waals surface area contributed by atoms with Gasteiger partial charge in [-0.1, -0.05) is 11.6 Å². The summed E-state index contributed by atoms with van der Waals surface area (Å²) in [6.45, 7) is 3.67. The topological polar surface area (TPSA) is 84.2 Å². The fraction of sp³-hybridized carbons (Fsp3) is 0.143. The number of nitrogens with one attached hydrogen (secondary N) is 2. The molecule has 0 saturated heterocycles. The van der Waals surface area contributed by atoms with Gasteiger partial charge in [0, 0.05) is 15.6 Å². The van der Waals surface area contributed by atoms with Crippen LogP contribution in [0.25, 0.3) is 0 Å². The largest absolute Gasteiger partial charge is 0.365 e. The Hall–Kier alpha value is -2.05. The summed E-state index contributed by atoms with van der Waals surface area (Å²) in [4.78, 5) is 24.4. The molecular weight excluding hydrogens is 310 g/mol. The van der Waals surface area contributed by atoms with Crippen LogP contribution in [0.4, 0.5) is 15.5 Å². The summed E-state index contributed by atoms with van der Waals surface area (Å²) < 4.78 is 0. The van der Waals surface area contributed by atoms with Gasteiger partial charge in [0.2, 0.25) is 0 Å². The minimum absolute atomic E-state index is 0.351. The molecule has 0 bridgehead atoms. The lowest BCUT2D eigenvalue weighted by atomic mass is 10.1. The summed E-state index contributed by atoms with van der Waals surface area (Å²) in [6, 6.07) is 6.27. The van der Waals surface area contributed by atoms with Crippen LogP contribution in [0.2, 0.25) is 5.02 Å². The third kappa shape index (κ3) is 3.53. The normalized spacial score (nSPS) is 10.2. The molecule has 21 heavy (non-hydrogen) atoms. The SMILES string of the molecule is Cc1sc(NC(=O)Nc2ccc(Cl)cc2)c(C(N)=O)c1C. The van der Waals surface area contributed by atoms with Crippen molar-refractivity contribution >= 4 is 45.6 Å². The van der Waals surface area contributed by atoms with Crippen molar-refractivity contribution < 1.29 is 9.59 Å². The zero-order valence-corrected chi connectivity index (χ0v) is 13.1. The predicted octanol–water partition coefficient (Wildman–Crippen LogP) is 3.76. The van der Waals surface area contributed by atoms with Gasteiger partial charge in [0.05, 0.1) is 5.56 Å². The van der Waals surface area contributed by atoms with Crippen LogP contribution in [0.1, 0.15) is 20.8 Å². The van der Waals surface area contributed by atoms with Crippen molar-refractivity contribution in [2.45, 2.75) is 13.8 Å². The second-order valence-electron chi connectivity index (χ2n) is 4.44. The standard InChI is InChI=1S/C14H14ClN3O2S/c1-7-8(2)21-13(11(7)12(16)19)18-14(20)17-10-5-3-9(15)4-6-10/h3-6H,1-2H3,(H2,16,19)(H2,17,18,20). The maximum atomic E-state index is 12.0. The molecule has 0 spiro atoms. The number of urea groups is 1. The number of hydrogen-bond donors (Lipinski definition) is 3. The lowest BCUT2D eigenvalue weighted by Crippen LogP contribution is -2.21. The monoisotopic (exact) mass is 323 g/mol. The maximum absolute atomic E-state index is 12.0. The van der Waals surface area contributed by atoms with E-state index in [2.05, 4.69) is 10.6 Å². The number of thiophene rings is 1. The fourth-order valence-electron chi connectivity index (χ4n) is 1.81. The van der Waals surface area contributed by atoms with Gasteiger partial charge >= 0.3 is 6.03 Å². The third-order valence-electron chi connectivity index (χ3n) is 2.96. The van der Waals surface area contributed by atoms with Gasteiger partial charge < -0.3 is 11.1 Å². The van der Waals surface area contributed by atoms with Gasteiger partial charge in [-0.3, -0.25) is 10.1 Å². The molecule has 0 aliphatic carbocycles. The maximum Gasteiger partial charge on any atom is 0.324 e. The number of aryl methyl sites for hydroxylation is 1. The van der Waals surface area contributed by atoms with Crippen molar-refractivity contribution in [3.05, 3.63) is 45.3 Å². The minimum atomic E-state index is -0.557. The Bertz CT molecular complexity index is 695. The first-order valence-electron chi connectivity index (χ1n) is 6.12. The summed E-state index contributed by atoms with van der Waals surface area (Å²) in [5.74, 6) is -0.557. The zero-order valence-electron chi connectivity index (χ0n) is 11.5. The number of nitrogens with two attached hydrogens (primary N) is 1. The summed E-state index contributed by atoms with van der Waals surface area (Å²) >= 11 is 7.09. The average molecular weight is 324 g/mol. The van der Waals surface area contributed by atoms with Gasteiger partial charge in [0.1, 0.15) is 5.00 Å². The Kier molecular flexibility index (Phi) is 4.50. The molecule has 0 saturated carbocycles. The molecule has 3 amide bonds. The molecule has 110 valence electrons. The highest BCUT2D eigenvalue weighted by Crippen LogP contribution is 2.32. The molecule has 1 heterocycles. The Morgan fingerprint density at radius 2 is 1.76 bits per heavy atom. The summed E-state index contributed by atoms with van der Waals surface area (Å²) in [5.41, 5.74) is 7.09. The van der Waals surface area contributed by atoms with Crippen LogP contribution in [0.3, 0.4) is 0 Å². The van der Waals surface area contributed by atoms with Crippen molar-refractivity contribution in [3.8, 4) is 0 Å². The zero-order chi connectivity index (χ0) is 15.6. The van der Waals surface area contributed by atoms with Crippen molar-refractivity contribution in [2.24, 2.45) is 5.73 Å². The van der Waals surface area contributed by atoms with E-state index in [4.69, 9.17) is 17.3 Å². The molecule has 0 radical (unpaired) electrons. The second-order valence-corrected chi connectivity index (χ2v) is 6.10. The highest BCUT2D eigenvalue weighted by Gasteiger charge is 2.18. The average Bonchev–Trinajstić information content (AvgIpc) is 2.67. The van der Waals surface area contributed by atoms with E-state index in [1.54, 1.807) is 31.2 Å². The van der Waals surface area contributed by atoms with Crippen LogP contribution in [0, 0.1) is 13.8 Å². The van der Waals surface area contributed by atoms with E-state index in [-0.39, 0.29) is 0 Å². The van der Waals surface area contributed by atoms with Crippen molar-refractivity contribution in [1.29, 1.82) is 0 Å². The molecule has 7 heteroatoms. The molecule has 0 aliphatic rings. The van der Waals surface area contributed by atoms with E-state index >= 15 is 0 Å². The molecule has 0 atom stereocenters.